The smallest absolute Gasteiger partial charge is 0.129 e. The molecule has 0 saturated heterocycles. The zero-order valence-electron chi connectivity index (χ0n) is 27.7. The van der Waals surface area contributed by atoms with Gasteiger partial charge in [0, 0.05) is 11.8 Å². The maximum atomic E-state index is 5.39. The molecule has 2 rings (SSSR count). The summed E-state index contributed by atoms with van der Waals surface area (Å²) < 4.78 is 0. The minimum Gasteiger partial charge on any atom is -0.190 e. The molecular weight excluding hydrogens is 493 g/mol. The molecule has 2 fully saturated rings. The lowest BCUT2D eigenvalue weighted by Gasteiger charge is -2.44. The van der Waals surface area contributed by atoms with Crippen LogP contribution in [0.4, 0.5) is 0 Å². The van der Waals surface area contributed by atoms with E-state index < -0.39 is 16.1 Å². The van der Waals surface area contributed by atoms with Crippen LogP contribution >= 0.6 is 0 Å². The molecule has 38 heavy (non-hydrogen) atoms. The van der Waals surface area contributed by atoms with Crippen LogP contribution in [0.5, 0.6) is 0 Å². The molecule has 0 bridgehead atoms. The van der Waals surface area contributed by atoms with Gasteiger partial charge in [0.05, 0.1) is 12.1 Å². The van der Waals surface area contributed by atoms with E-state index in [2.05, 4.69) is 118 Å². The third-order valence-corrected chi connectivity index (χ3v) is 10.8. The van der Waals surface area contributed by atoms with Gasteiger partial charge in [-0.05, 0) is 73.0 Å². The van der Waals surface area contributed by atoms with Crippen molar-refractivity contribution in [2.24, 2.45) is 69.4 Å². The van der Waals surface area contributed by atoms with Crippen LogP contribution in [0.15, 0.2) is 10.2 Å². The molecule has 0 aromatic carbocycles. The monoisotopic (exact) mass is 554 g/mol. The zero-order valence-corrected chi connectivity index (χ0v) is 29.7. The maximum absolute atomic E-state index is 5.39. The maximum Gasteiger partial charge on any atom is 0.129 e. The molecule has 4 unspecified atom stereocenters. The SMILES string of the molecule is CC(C)C1CC(C#C[Si](C)(C)C)CC(C(C)C)C1N=NC1C(C(C)C)CC(C#C[Si](C)(C)C)CC1C(C)C. The number of nitrogens with zero attached hydrogens (tertiary/aromatic N) is 2. The van der Waals surface area contributed by atoms with Crippen molar-refractivity contribution in [1.29, 1.82) is 0 Å². The van der Waals surface area contributed by atoms with Crippen molar-refractivity contribution in [3.05, 3.63) is 0 Å². The van der Waals surface area contributed by atoms with Crippen molar-refractivity contribution < 1.29 is 0 Å². The van der Waals surface area contributed by atoms with Gasteiger partial charge < -0.3 is 0 Å². The van der Waals surface area contributed by atoms with Crippen LogP contribution < -0.4 is 0 Å². The lowest BCUT2D eigenvalue weighted by molar-refractivity contribution is 0.0934. The fraction of sp³-hybridized carbons (Fsp3) is 0.882. The molecule has 0 aromatic heterocycles. The molecule has 0 aliphatic heterocycles. The Morgan fingerprint density at radius 2 is 0.711 bits per heavy atom. The second-order valence-electron chi connectivity index (χ2n) is 16.2. The summed E-state index contributed by atoms with van der Waals surface area (Å²) in [7, 11) is -2.73. The topological polar surface area (TPSA) is 24.7 Å². The van der Waals surface area contributed by atoms with Crippen molar-refractivity contribution in [1.82, 2.24) is 0 Å². The van der Waals surface area contributed by atoms with E-state index in [-0.39, 0.29) is 0 Å². The van der Waals surface area contributed by atoms with E-state index >= 15 is 0 Å². The fourth-order valence-corrected chi connectivity index (χ4v) is 8.01. The molecule has 0 amide bonds. The Labute approximate surface area is 240 Å². The molecule has 0 heterocycles. The Balaban J connectivity index is 2.40. The van der Waals surface area contributed by atoms with Crippen LogP contribution in [-0.2, 0) is 0 Å². The third kappa shape index (κ3) is 9.96. The Bertz CT molecular complexity index is 787. The van der Waals surface area contributed by atoms with Crippen LogP contribution in [0.2, 0.25) is 39.3 Å². The van der Waals surface area contributed by atoms with Gasteiger partial charge in [0.2, 0.25) is 0 Å². The molecule has 0 spiro atoms. The summed E-state index contributed by atoms with van der Waals surface area (Å²) in [4.78, 5) is 0. The molecule has 2 nitrogen and oxygen atoms in total. The molecule has 2 aliphatic rings. The van der Waals surface area contributed by atoms with Gasteiger partial charge in [-0.25, -0.2) is 0 Å². The van der Waals surface area contributed by atoms with Gasteiger partial charge in [0.25, 0.3) is 0 Å². The average Bonchev–Trinajstić information content (AvgIpc) is 2.78. The molecular formula is C34H62N2Si2. The highest BCUT2D eigenvalue weighted by molar-refractivity contribution is 6.84. The summed E-state index contributed by atoms with van der Waals surface area (Å²) >= 11 is 0. The van der Waals surface area contributed by atoms with Gasteiger partial charge in [-0.1, -0.05) is 94.7 Å². The second kappa shape index (κ2) is 13.7. The minimum absolute atomic E-state index is 0.324. The van der Waals surface area contributed by atoms with Gasteiger partial charge in [0.1, 0.15) is 16.1 Å². The quantitative estimate of drug-likeness (QED) is 0.177. The van der Waals surface area contributed by atoms with Crippen LogP contribution in [0, 0.1) is 82.1 Å². The number of rotatable bonds is 6. The number of hydrogen-bond acceptors (Lipinski definition) is 2. The van der Waals surface area contributed by atoms with Gasteiger partial charge >= 0.3 is 0 Å². The van der Waals surface area contributed by atoms with Crippen LogP contribution in [-0.4, -0.2) is 28.2 Å². The van der Waals surface area contributed by atoms with E-state index in [1.807, 2.05) is 0 Å². The average molecular weight is 555 g/mol. The first kappa shape index (κ1) is 33.4. The standard InChI is InChI=1S/C34H62N2Si2/c1-23(2)29-19-27(15-17-37(9,10)11)20-30(24(3)4)33(29)35-36-34-31(25(5)6)21-28(16-18-38(12,13)14)22-32(34)26(7)8/h23-34H,19-22H2,1-14H3. The van der Waals surface area contributed by atoms with E-state index in [1.54, 1.807) is 0 Å². The largest absolute Gasteiger partial charge is 0.190 e. The molecule has 0 aromatic rings. The molecule has 2 saturated carbocycles. The Hall–Kier alpha value is -0.846. The number of hydrogen-bond donors (Lipinski definition) is 0. The van der Waals surface area contributed by atoms with Crippen molar-refractivity contribution in [3.8, 4) is 22.9 Å². The highest BCUT2D eigenvalue weighted by Crippen LogP contribution is 2.45. The van der Waals surface area contributed by atoms with Gasteiger partial charge in [-0.2, -0.15) is 10.2 Å². The van der Waals surface area contributed by atoms with E-state index in [1.165, 1.54) is 25.7 Å². The first-order valence-corrected chi connectivity index (χ1v) is 22.8. The lowest BCUT2D eigenvalue weighted by atomic mass is 9.65. The van der Waals surface area contributed by atoms with Crippen LogP contribution in [0.25, 0.3) is 0 Å². The molecule has 216 valence electrons. The first-order chi connectivity index (χ1) is 17.4. The molecule has 0 radical (unpaired) electrons. The number of azo groups is 1. The van der Waals surface area contributed by atoms with Crippen molar-refractivity contribution in [2.45, 2.75) is 132 Å². The summed E-state index contributed by atoms with van der Waals surface area (Å²) in [6.45, 7) is 33.4. The van der Waals surface area contributed by atoms with Gasteiger partial charge in [-0.3, -0.25) is 0 Å². The molecule has 0 N–H and O–H groups in total. The highest BCUT2D eigenvalue weighted by atomic mass is 28.3. The third-order valence-electron chi connectivity index (χ3n) is 9.04. The fourth-order valence-electron chi connectivity index (χ4n) is 6.73. The first-order valence-electron chi connectivity index (χ1n) is 15.8. The van der Waals surface area contributed by atoms with Crippen LogP contribution in [0.3, 0.4) is 0 Å². The summed E-state index contributed by atoms with van der Waals surface area (Å²) in [6, 6.07) is 0.648. The Morgan fingerprint density at radius 1 is 0.474 bits per heavy atom. The van der Waals surface area contributed by atoms with Gasteiger partial charge in [0.15, 0.2) is 0 Å². The zero-order chi connectivity index (χ0) is 29.0. The predicted octanol–water partition coefficient (Wildman–Crippen LogP) is 9.85. The lowest BCUT2D eigenvalue weighted by Crippen LogP contribution is -2.43. The van der Waals surface area contributed by atoms with E-state index in [0.29, 0.717) is 71.3 Å². The molecule has 4 heteroatoms. The summed E-state index contributed by atoms with van der Waals surface area (Å²) in [5, 5.41) is 10.8. The Kier molecular flexibility index (Phi) is 12.0. The molecule has 2 aliphatic carbocycles. The minimum atomic E-state index is -1.36. The van der Waals surface area contributed by atoms with Crippen molar-refractivity contribution in [2.75, 3.05) is 0 Å². The summed E-state index contributed by atoms with van der Waals surface area (Å²) in [5.41, 5.74) is 7.39. The van der Waals surface area contributed by atoms with E-state index in [9.17, 15) is 0 Å². The van der Waals surface area contributed by atoms with Gasteiger partial charge in [-0.15, -0.1) is 22.9 Å². The summed E-state index contributed by atoms with van der Waals surface area (Å²) in [5.74, 6) is 13.2. The van der Waals surface area contributed by atoms with E-state index in [0.717, 1.165) is 0 Å². The Morgan fingerprint density at radius 3 is 0.895 bits per heavy atom. The highest BCUT2D eigenvalue weighted by Gasteiger charge is 2.43. The second-order valence-corrected chi connectivity index (χ2v) is 25.7. The normalized spacial score (nSPS) is 33.0. The van der Waals surface area contributed by atoms with Crippen molar-refractivity contribution in [3.63, 3.8) is 0 Å². The van der Waals surface area contributed by atoms with E-state index in [4.69, 9.17) is 10.2 Å². The summed E-state index contributed by atoms with van der Waals surface area (Å²) in [6.07, 6.45) is 4.73. The van der Waals surface area contributed by atoms with Crippen molar-refractivity contribution >= 4 is 16.1 Å². The van der Waals surface area contributed by atoms with Crippen LogP contribution in [0.1, 0.15) is 81.1 Å². The molecule has 4 atom stereocenters. The predicted molar refractivity (Wildman–Crippen MR) is 173 cm³/mol.